The van der Waals surface area contributed by atoms with E-state index in [-0.39, 0.29) is 11.1 Å². The summed E-state index contributed by atoms with van der Waals surface area (Å²) in [6, 6.07) is 1.09. The minimum Gasteiger partial charge on any atom is -0.313 e. The molecule has 0 spiro atoms. The Hall–Kier alpha value is -0.160. The topological polar surface area (TPSA) is 48.1 Å². The van der Waals surface area contributed by atoms with Crippen LogP contribution in [0.1, 0.15) is 54.4 Å². The minimum absolute atomic E-state index is 0.184. The lowest BCUT2D eigenvalue weighted by Crippen LogP contribution is -2.52. The summed E-state index contributed by atoms with van der Waals surface area (Å²) < 4.78 is 0. The largest absolute Gasteiger partial charge is 0.313 e. The standard InChI is InChI=1S/C16H36N4/c1-13-11-15(3,4)19-9-10-20-16(5,6)12-14(2)18-8-7-17-13/h13-14,17-20H,7-12H2,1-6H3. The first kappa shape index (κ1) is 17.9. The Morgan fingerprint density at radius 2 is 1.00 bits per heavy atom. The van der Waals surface area contributed by atoms with Gasteiger partial charge in [0.15, 0.2) is 0 Å². The molecule has 0 aromatic heterocycles. The molecule has 1 fully saturated rings. The molecule has 0 aromatic carbocycles. The smallest absolute Gasteiger partial charge is 0.0140 e. The highest BCUT2D eigenvalue weighted by atomic mass is 15.1. The Morgan fingerprint density at radius 1 is 0.650 bits per heavy atom. The summed E-state index contributed by atoms with van der Waals surface area (Å²) in [5.41, 5.74) is 0.367. The summed E-state index contributed by atoms with van der Waals surface area (Å²) in [4.78, 5) is 0. The molecule has 1 aliphatic heterocycles. The number of nitrogens with one attached hydrogen (secondary N) is 4. The van der Waals surface area contributed by atoms with E-state index >= 15 is 0 Å². The molecule has 0 aliphatic carbocycles. The van der Waals surface area contributed by atoms with Crippen molar-refractivity contribution in [3.63, 3.8) is 0 Å². The van der Waals surface area contributed by atoms with Crippen LogP contribution in [0.4, 0.5) is 0 Å². The summed E-state index contributed by atoms with van der Waals surface area (Å²) in [5, 5.41) is 14.6. The average Bonchev–Trinajstić information content (AvgIpc) is 2.28. The van der Waals surface area contributed by atoms with Crippen molar-refractivity contribution in [3.05, 3.63) is 0 Å². The molecule has 4 nitrogen and oxygen atoms in total. The molecule has 1 rings (SSSR count). The molecule has 1 saturated heterocycles. The third kappa shape index (κ3) is 7.58. The molecule has 0 amide bonds. The Bertz CT molecular complexity index is 248. The molecule has 0 aromatic rings. The van der Waals surface area contributed by atoms with Gasteiger partial charge in [-0.3, -0.25) is 0 Å². The van der Waals surface area contributed by atoms with Crippen LogP contribution in [-0.2, 0) is 0 Å². The highest BCUT2D eigenvalue weighted by Gasteiger charge is 2.23. The number of hydrogen-bond acceptors (Lipinski definition) is 4. The van der Waals surface area contributed by atoms with Gasteiger partial charge in [-0.15, -0.1) is 0 Å². The quantitative estimate of drug-likeness (QED) is 0.544. The van der Waals surface area contributed by atoms with Crippen LogP contribution in [0.2, 0.25) is 0 Å². The molecule has 20 heavy (non-hydrogen) atoms. The van der Waals surface area contributed by atoms with Crippen molar-refractivity contribution < 1.29 is 0 Å². The van der Waals surface area contributed by atoms with Gasteiger partial charge in [-0.1, -0.05) is 0 Å². The van der Waals surface area contributed by atoms with Gasteiger partial charge < -0.3 is 21.3 Å². The Kier molecular flexibility index (Phi) is 6.92. The van der Waals surface area contributed by atoms with E-state index in [4.69, 9.17) is 0 Å². The van der Waals surface area contributed by atoms with E-state index in [0.717, 1.165) is 39.0 Å². The van der Waals surface area contributed by atoms with Crippen molar-refractivity contribution >= 4 is 0 Å². The van der Waals surface area contributed by atoms with Crippen LogP contribution in [0.15, 0.2) is 0 Å². The van der Waals surface area contributed by atoms with E-state index in [2.05, 4.69) is 62.8 Å². The predicted molar refractivity (Wildman–Crippen MR) is 88.3 cm³/mol. The normalized spacial score (nSPS) is 33.3. The van der Waals surface area contributed by atoms with Crippen LogP contribution in [0.5, 0.6) is 0 Å². The van der Waals surface area contributed by atoms with Crippen LogP contribution in [-0.4, -0.2) is 49.3 Å². The van der Waals surface area contributed by atoms with E-state index in [1.165, 1.54) is 0 Å². The zero-order chi connectivity index (χ0) is 15.2. The molecule has 2 unspecified atom stereocenters. The fourth-order valence-corrected chi connectivity index (χ4v) is 3.26. The van der Waals surface area contributed by atoms with Crippen molar-refractivity contribution in [1.29, 1.82) is 0 Å². The van der Waals surface area contributed by atoms with Crippen LogP contribution in [0, 0.1) is 0 Å². The van der Waals surface area contributed by atoms with Gasteiger partial charge in [0.25, 0.3) is 0 Å². The summed E-state index contributed by atoms with van der Waals surface area (Å²) in [6.45, 7) is 17.8. The summed E-state index contributed by atoms with van der Waals surface area (Å²) >= 11 is 0. The second kappa shape index (κ2) is 7.74. The van der Waals surface area contributed by atoms with Crippen LogP contribution < -0.4 is 21.3 Å². The summed E-state index contributed by atoms with van der Waals surface area (Å²) in [5.74, 6) is 0. The molecule has 0 bridgehead atoms. The molecule has 1 aliphatic rings. The van der Waals surface area contributed by atoms with Crippen molar-refractivity contribution in [3.8, 4) is 0 Å². The van der Waals surface area contributed by atoms with E-state index in [0.29, 0.717) is 12.1 Å². The molecule has 120 valence electrons. The Morgan fingerprint density at radius 3 is 1.35 bits per heavy atom. The third-order valence-electron chi connectivity index (χ3n) is 4.08. The van der Waals surface area contributed by atoms with Crippen LogP contribution >= 0.6 is 0 Å². The number of rotatable bonds is 0. The molecule has 4 heteroatoms. The van der Waals surface area contributed by atoms with Gasteiger partial charge in [0.2, 0.25) is 0 Å². The van der Waals surface area contributed by atoms with Crippen molar-refractivity contribution in [2.45, 2.75) is 77.5 Å². The molecule has 1 heterocycles. The van der Waals surface area contributed by atoms with Crippen LogP contribution in [0.3, 0.4) is 0 Å². The van der Waals surface area contributed by atoms with Gasteiger partial charge in [0, 0.05) is 49.3 Å². The maximum atomic E-state index is 3.67. The first-order chi connectivity index (χ1) is 9.20. The zero-order valence-corrected chi connectivity index (χ0v) is 14.4. The van der Waals surface area contributed by atoms with Gasteiger partial charge in [-0.2, -0.15) is 0 Å². The maximum Gasteiger partial charge on any atom is 0.0140 e. The first-order valence-electron chi connectivity index (χ1n) is 8.17. The fraction of sp³-hybridized carbons (Fsp3) is 1.00. The minimum atomic E-state index is 0.184. The van der Waals surface area contributed by atoms with Crippen molar-refractivity contribution in [1.82, 2.24) is 21.3 Å². The lowest BCUT2D eigenvalue weighted by atomic mass is 9.94. The molecular weight excluding hydrogens is 248 g/mol. The molecule has 0 radical (unpaired) electrons. The van der Waals surface area contributed by atoms with E-state index in [1.54, 1.807) is 0 Å². The van der Waals surface area contributed by atoms with Gasteiger partial charge in [0.05, 0.1) is 0 Å². The second-order valence-electron chi connectivity index (χ2n) is 7.74. The van der Waals surface area contributed by atoms with Crippen molar-refractivity contribution in [2.75, 3.05) is 26.2 Å². The lowest BCUT2D eigenvalue weighted by molar-refractivity contribution is 0.281. The summed E-state index contributed by atoms with van der Waals surface area (Å²) in [7, 11) is 0. The van der Waals surface area contributed by atoms with Crippen molar-refractivity contribution in [2.24, 2.45) is 0 Å². The second-order valence-corrected chi connectivity index (χ2v) is 7.74. The maximum absolute atomic E-state index is 3.67. The lowest BCUT2D eigenvalue weighted by Gasteiger charge is -2.34. The summed E-state index contributed by atoms with van der Waals surface area (Å²) in [6.07, 6.45) is 2.29. The van der Waals surface area contributed by atoms with Gasteiger partial charge in [-0.25, -0.2) is 0 Å². The molecule has 2 atom stereocenters. The van der Waals surface area contributed by atoms with Gasteiger partial charge in [0.1, 0.15) is 0 Å². The van der Waals surface area contributed by atoms with E-state index in [1.807, 2.05) is 0 Å². The highest BCUT2D eigenvalue weighted by molar-refractivity contribution is 4.86. The average molecular weight is 284 g/mol. The molecule has 4 N–H and O–H groups in total. The monoisotopic (exact) mass is 284 g/mol. The Labute approximate surface area is 125 Å². The zero-order valence-electron chi connectivity index (χ0n) is 14.4. The van der Waals surface area contributed by atoms with Gasteiger partial charge >= 0.3 is 0 Å². The third-order valence-corrected chi connectivity index (χ3v) is 4.08. The van der Waals surface area contributed by atoms with E-state index < -0.39 is 0 Å². The molecular formula is C16H36N4. The Balaban J connectivity index is 2.56. The fourth-order valence-electron chi connectivity index (χ4n) is 3.26. The van der Waals surface area contributed by atoms with E-state index in [9.17, 15) is 0 Å². The van der Waals surface area contributed by atoms with Crippen LogP contribution in [0.25, 0.3) is 0 Å². The predicted octanol–water partition coefficient (Wildman–Crippen LogP) is 1.47. The van der Waals surface area contributed by atoms with Gasteiger partial charge in [-0.05, 0) is 54.4 Å². The highest BCUT2D eigenvalue weighted by Crippen LogP contribution is 2.13. The SMILES string of the molecule is CC1CC(C)(C)NCCNC(C)(C)CC(C)NCCN1. The number of hydrogen-bond donors (Lipinski definition) is 4. The molecule has 0 saturated carbocycles. The first-order valence-corrected chi connectivity index (χ1v) is 8.17.